The number of nitrogens with zero attached hydrogens (tertiary/aromatic N) is 4. The van der Waals surface area contributed by atoms with Crippen molar-refractivity contribution in [3.05, 3.63) is 23.4 Å². The number of hydrogen-bond donors (Lipinski definition) is 2. The van der Waals surface area contributed by atoms with E-state index in [2.05, 4.69) is 27.4 Å². The van der Waals surface area contributed by atoms with Gasteiger partial charge in [0.2, 0.25) is 5.91 Å². The zero-order valence-electron chi connectivity index (χ0n) is 18.2. The van der Waals surface area contributed by atoms with Gasteiger partial charge in [-0.15, -0.1) is 24.0 Å². The van der Waals surface area contributed by atoms with Crippen molar-refractivity contribution in [1.82, 2.24) is 20.5 Å². The second kappa shape index (κ2) is 11.4. The van der Waals surface area contributed by atoms with Crippen molar-refractivity contribution in [3.63, 3.8) is 0 Å². The number of amides is 1. The Hall–Kier alpha value is -1.29. The highest BCUT2D eigenvalue weighted by molar-refractivity contribution is 14.0. The molecule has 1 aromatic heterocycles. The maximum atomic E-state index is 12.8. The molecular weight excluding hydrogens is 515 g/mol. The van der Waals surface area contributed by atoms with Crippen molar-refractivity contribution in [1.29, 1.82) is 0 Å². The smallest absolute Gasteiger partial charge is 0.230 e. The first-order chi connectivity index (χ1) is 13.9. The van der Waals surface area contributed by atoms with Crippen LogP contribution in [-0.4, -0.2) is 68.1 Å². The summed E-state index contributed by atoms with van der Waals surface area (Å²) in [7, 11) is 3.68. The van der Waals surface area contributed by atoms with Crippen LogP contribution in [0.3, 0.4) is 0 Å². The molecule has 0 radical (unpaired) electrons. The van der Waals surface area contributed by atoms with Gasteiger partial charge in [0.05, 0.1) is 17.0 Å². The quantitative estimate of drug-likeness (QED) is 0.325. The summed E-state index contributed by atoms with van der Waals surface area (Å²) in [6, 6.07) is 3.98. The van der Waals surface area contributed by atoms with Gasteiger partial charge in [-0.05, 0) is 38.3 Å². The standard InChI is InChI=1S/C21H33ClN6O.HI/c1-4-23-20(25-15-21(10-5-6-11-21)19(29)27(2)3)26-16-9-13-28(14-16)18-17(22)8-7-12-24-18;/h7-8,12,16H,4-6,9-11,13-15H2,1-3H3,(H2,23,25,26);1H. The Labute approximate surface area is 202 Å². The Morgan fingerprint density at radius 1 is 1.40 bits per heavy atom. The minimum Gasteiger partial charge on any atom is -0.357 e. The Morgan fingerprint density at radius 2 is 2.13 bits per heavy atom. The minimum atomic E-state index is -0.352. The summed E-state index contributed by atoms with van der Waals surface area (Å²) in [5.74, 6) is 1.82. The van der Waals surface area contributed by atoms with Gasteiger partial charge >= 0.3 is 0 Å². The molecule has 0 spiro atoms. The fourth-order valence-electron chi connectivity index (χ4n) is 4.39. The van der Waals surface area contributed by atoms with Crippen molar-refractivity contribution in [2.75, 3.05) is 45.2 Å². The van der Waals surface area contributed by atoms with E-state index in [1.165, 1.54) is 0 Å². The Morgan fingerprint density at radius 3 is 2.77 bits per heavy atom. The van der Waals surface area contributed by atoms with Crippen LogP contribution in [0.2, 0.25) is 5.02 Å². The molecule has 0 aromatic carbocycles. The van der Waals surface area contributed by atoms with E-state index in [1.807, 2.05) is 26.2 Å². The van der Waals surface area contributed by atoms with Crippen LogP contribution < -0.4 is 15.5 Å². The molecule has 1 aliphatic carbocycles. The molecule has 2 N–H and O–H groups in total. The topological polar surface area (TPSA) is 72.9 Å². The molecule has 2 aliphatic rings. The average molecular weight is 549 g/mol. The van der Waals surface area contributed by atoms with Gasteiger partial charge in [0.15, 0.2) is 5.96 Å². The molecule has 0 bridgehead atoms. The predicted molar refractivity (Wildman–Crippen MR) is 134 cm³/mol. The first-order valence-corrected chi connectivity index (χ1v) is 10.9. The van der Waals surface area contributed by atoms with Crippen LogP contribution in [0.25, 0.3) is 0 Å². The SMILES string of the molecule is CCNC(=NCC1(C(=O)N(C)C)CCCC1)NC1CCN(c2ncccc2Cl)C1.I. The van der Waals surface area contributed by atoms with Gasteiger partial charge in [0, 0.05) is 46.0 Å². The molecule has 30 heavy (non-hydrogen) atoms. The fraction of sp³-hybridized carbons (Fsp3) is 0.667. The number of aromatic nitrogens is 1. The van der Waals surface area contributed by atoms with Gasteiger partial charge in [-0.3, -0.25) is 9.79 Å². The van der Waals surface area contributed by atoms with Crippen molar-refractivity contribution in [2.24, 2.45) is 10.4 Å². The summed E-state index contributed by atoms with van der Waals surface area (Å²) >= 11 is 6.30. The van der Waals surface area contributed by atoms with Gasteiger partial charge in [0.1, 0.15) is 5.82 Å². The van der Waals surface area contributed by atoms with E-state index in [1.54, 1.807) is 11.1 Å². The number of guanidine groups is 1. The van der Waals surface area contributed by atoms with Crippen LogP contribution >= 0.6 is 35.6 Å². The Bertz CT molecular complexity index is 738. The molecule has 1 unspecified atom stereocenters. The van der Waals surface area contributed by atoms with E-state index in [0.29, 0.717) is 11.6 Å². The maximum absolute atomic E-state index is 12.8. The molecule has 1 aliphatic heterocycles. The lowest BCUT2D eigenvalue weighted by molar-refractivity contribution is -0.138. The van der Waals surface area contributed by atoms with Gasteiger partial charge in [-0.25, -0.2) is 4.98 Å². The summed E-state index contributed by atoms with van der Waals surface area (Å²) in [5, 5.41) is 7.57. The third-order valence-corrected chi connectivity index (χ3v) is 6.17. The zero-order valence-corrected chi connectivity index (χ0v) is 21.2. The second-order valence-corrected chi connectivity index (χ2v) is 8.67. The highest BCUT2D eigenvalue weighted by atomic mass is 127. The van der Waals surface area contributed by atoms with E-state index in [-0.39, 0.29) is 41.3 Å². The first kappa shape index (κ1) is 25.0. The largest absolute Gasteiger partial charge is 0.357 e. The first-order valence-electron chi connectivity index (χ1n) is 10.6. The van der Waals surface area contributed by atoms with E-state index in [0.717, 1.165) is 63.5 Å². The molecule has 2 heterocycles. The molecular formula is C21H34ClIN6O. The van der Waals surface area contributed by atoms with Crippen molar-refractivity contribution in [3.8, 4) is 0 Å². The van der Waals surface area contributed by atoms with E-state index in [9.17, 15) is 4.79 Å². The number of rotatable bonds is 6. The van der Waals surface area contributed by atoms with E-state index >= 15 is 0 Å². The zero-order chi connectivity index (χ0) is 20.9. The molecule has 168 valence electrons. The molecule has 3 rings (SSSR count). The molecule has 2 fully saturated rings. The molecule has 1 saturated heterocycles. The normalized spacial score (nSPS) is 20.6. The van der Waals surface area contributed by atoms with Crippen LogP contribution in [0.15, 0.2) is 23.3 Å². The summed E-state index contributed by atoms with van der Waals surface area (Å²) in [5.41, 5.74) is -0.352. The number of anilines is 1. The average Bonchev–Trinajstić information content (AvgIpc) is 3.36. The number of hydrogen-bond acceptors (Lipinski definition) is 4. The van der Waals surface area contributed by atoms with Crippen molar-refractivity contribution in [2.45, 2.75) is 45.1 Å². The molecule has 9 heteroatoms. The highest BCUT2D eigenvalue weighted by Crippen LogP contribution is 2.39. The fourth-order valence-corrected chi connectivity index (χ4v) is 4.63. The monoisotopic (exact) mass is 548 g/mol. The lowest BCUT2D eigenvalue weighted by atomic mass is 9.85. The molecule has 1 atom stereocenters. The molecule has 7 nitrogen and oxygen atoms in total. The third-order valence-electron chi connectivity index (χ3n) is 5.87. The third kappa shape index (κ3) is 5.90. The van der Waals surface area contributed by atoms with Gasteiger partial charge in [0.25, 0.3) is 0 Å². The van der Waals surface area contributed by atoms with E-state index < -0.39 is 0 Å². The molecule has 1 amide bonds. The number of carbonyl (C=O) groups is 1. The lowest BCUT2D eigenvalue weighted by Gasteiger charge is -2.29. The maximum Gasteiger partial charge on any atom is 0.230 e. The number of nitrogens with one attached hydrogen (secondary N) is 2. The van der Waals surface area contributed by atoms with Crippen LogP contribution in [0.5, 0.6) is 0 Å². The Balaban J connectivity index is 0.00000320. The Kier molecular flexibility index (Phi) is 9.46. The second-order valence-electron chi connectivity index (χ2n) is 8.27. The van der Waals surface area contributed by atoms with Crippen LogP contribution in [0.4, 0.5) is 5.82 Å². The van der Waals surface area contributed by atoms with Gasteiger partial charge in [-0.1, -0.05) is 24.4 Å². The van der Waals surface area contributed by atoms with E-state index in [4.69, 9.17) is 16.6 Å². The minimum absolute atomic E-state index is 0. The molecule has 1 saturated carbocycles. The van der Waals surface area contributed by atoms with Gasteiger partial charge < -0.3 is 20.4 Å². The number of carbonyl (C=O) groups excluding carboxylic acids is 1. The number of pyridine rings is 1. The lowest BCUT2D eigenvalue weighted by Crippen LogP contribution is -2.46. The summed E-state index contributed by atoms with van der Waals surface area (Å²) < 4.78 is 0. The summed E-state index contributed by atoms with van der Waals surface area (Å²) in [6.07, 6.45) is 6.79. The van der Waals surface area contributed by atoms with Gasteiger partial charge in [-0.2, -0.15) is 0 Å². The number of halogens is 2. The summed E-state index contributed by atoms with van der Waals surface area (Å²) in [4.78, 5) is 26.0. The van der Waals surface area contributed by atoms with Crippen LogP contribution in [0, 0.1) is 5.41 Å². The summed E-state index contributed by atoms with van der Waals surface area (Å²) in [6.45, 7) is 5.09. The van der Waals surface area contributed by atoms with Crippen LogP contribution in [0.1, 0.15) is 39.0 Å². The van der Waals surface area contributed by atoms with Crippen molar-refractivity contribution >= 4 is 53.3 Å². The predicted octanol–water partition coefficient (Wildman–Crippen LogP) is 3.14. The van der Waals surface area contributed by atoms with Crippen LogP contribution in [-0.2, 0) is 4.79 Å². The highest BCUT2D eigenvalue weighted by Gasteiger charge is 2.42. The molecule has 1 aromatic rings. The number of aliphatic imine (C=N–C) groups is 1. The van der Waals surface area contributed by atoms with Crippen molar-refractivity contribution < 1.29 is 4.79 Å².